The van der Waals surface area contributed by atoms with Crippen LogP contribution in [-0.2, 0) is 4.79 Å². The number of nitrogens with two attached hydrogens (primary N) is 1. The Kier molecular flexibility index (Phi) is 6.53. The number of aryl methyl sites for hydroxylation is 1. The minimum Gasteiger partial charge on any atom is -0.396 e. The van der Waals surface area contributed by atoms with Gasteiger partial charge in [0.25, 0.3) is 0 Å². The van der Waals surface area contributed by atoms with Crippen molar-refractivity contribution in [2.24, 2.45) is 11.7 Å². The quantitative estimate of drug-likeness (QED) is 0.699. The van der Waals surface area contributed by atoms with E-state index in [1.165, 1.54) is 0 Å². The lowest BCUT2D eigenvalue weighted by Crippen LogP contribution is -2.37. The zero-order valence-corrected chi connectivity index (χ0v) is 11.7. The van der Waals surface area contributed by atoms with Crippen molar-refractivity contribution in [2.45, 2.75) is 32.7 Å². The number of hydrogen-bond acceptors (Lipinski definition) is 3. The van der Waals surface area contributed by atoms with E-state index in [-0.39, 0.29) is 12.5 Å². The lowest BCUT2D eigenvalue weighted by molar-refractivity contribution is -0.122. The third kappa shape index (κ3) is 5.01. The monoisotopic (exact) mass is 264 g/mol. The molecule has 19 heavy (non-hydrogen) atoms. The van der Waals surface area contributed by atoms with Crippen LogP contribution in [0, 0.1) is 12.8 Å². The van der Waals surface area contributed by atoms with Crippen molar-refractivity contribution in [2.75, 3.05) is 13.2 Å². The highest BCUT2D eigenvalue weighted by atomic mass is 16.3. The Labute approximate surface area is 115 Å². The largest absolute Gasteiger partial charge is 0.396 e. The Hall–Kier alpha value is -1.39. The maximum atomic E-state index is 12.0. The van der Waals surface area contributed by atoms with Gasteiger partial charge in [0.2, 0.25) is 5.91 Å². The molecule has 1 aromatic rings. The van der Waals surface area contributed by atoms with Gasteiger partial charge in [-0.05, 0) is 24.8 Å². The molecule has 0 aliphatic carbocycles. The van der Waals surface area contributed by atoms with Crippen LogP contribution in [0.1, 0.15) is 36.9 Å². The number of rotatable bonds is 7. The van der Waals surface area contributed by atoms with E-state index >= 15 is 0 Å². The molecule has 1 amide bonds. The molecule has 0 bridgehead atoms. The van der Waals surface area contributed by atoms with E-state index in [0.717, 1.165) is 17.5 Å². The van der Waals surface area contributed by atoms with Gasteiger partial charge >= 0.3 is 0 Å². The van der Waals surface area contributed by atoms with Crippen LogP contribution in [0.2, 0.25) is 0 Å². The SMILES string of the molecule is CCC(CCO)CNC(=O)C(N)c1ccc(C)cc1. The number of carbonyl (C=O) groups is 1. The van der Waals surface area contributed by atoms with E-state index in [1.54, 1.807) is 0 Å². The van der Waals surface area contributed by atoms with Gasteiger partial charge in [0.05, 0.1) is 0 Å². The summed E-state index contributed by atoms with van der Waals surface area (Å²) >= 11 is 0. The van der Waals surface area contributed by atoms with Crippen molar-refractivity contribution >= 4 is 5.91 Å². The summed E-state index contributed by atoms with van der Waals surface area (Å²) in [5.74, 6) is 0.138. The Morgan fingerprint density at radius 3 is 2.53 bits per heavy atom. The second-order valence-corrected chi connectivity index (χ2v) is 4.92. The fourth-order valence-corrected chi connectivity index (χ4v) is 1.91. The predicted molar refractivity (Wildman–Crippen MR) is 76.6 cm³/mol. The minimum atomic E-state index is -0.632. The van der Waals surface area contributed by atoms with Crippen molar-refractivity contribution in [1.82, 2.24) is 5.32 Å². The number of aliphatic hydroxyl groups excluding tert-OH is 1. The van der Waals surface area contributed by atoms with Crippen LogP contribution < -0.4 is 11.1 Å². The third-order valence-corrected chi connectivity index (χ3v) is 3.40. The van der Waals surface area contributed by atoms with Crippen LogP contribution in [0.25, 0.3) is 0 Å². The molecule has 0 radical (unpaired) electrons. The summed E-state index contributed by atoms with van der Waals surface area (Å²) in [5, 5.41) is 11.8. The number of hydrogen-bond donors (Lipinski definition) is 3. The smallest absolute Gasteiger partial charge is 0.241 e. The summed E-state index contributed by atoms with van der Waals surface area (Å²) in [5.41, 5.74) is 7.89. The molecule has 0 saturated carbocycles. The van der Waals surface area contributed by atoms with E-state index < -0.39 is 6.04 Å². The number of amides is 1. The van der Waals surface area contributed by atoms with Crippen LogP contribution in [-0.4, -0.2) is 24.2 Å². The number of benzene rings is 1. The molecule has 4 heteroatoms. The van der Waals surface area contributed by atoms with Gasteiger partial charge in [-0.2, -0.15) is 0 Å². The molecule has 2 unspecified atom stereocenters. The van der Waals surface area contributed by atoms with E-state index in [2.05, 4.69) is 5.32 Å². The maximum Gasteiger partial charge on any atom is 0.241 e. The molecular formula is C15H24N2O2. The molecule has 4 N–H and O–H groups in total. The van der Waals surface area contributed by atoms with Crippen LogP contribution in [0.3, 0.4) is 0 Å². The first-order chi connectivity index (χ1) is 9.08. The van der Waals surface area contributed by atoms with E-state index in [0.29, 0.717) is 18.9 Å². The Morgan fingerprint density at radius 2 is 2.00 bits per heavy atom. The Morgan fingerprint density at radius 1 is 1.37 bits per heavy atom. The highest BCUT2D eigenvalue weighted by Crippen LogP contribution is 2.12. The average molecular weight is 264 g/mol. The van der Waals surface area contributed by atoms with Gasteiger partial charge in [-0.25, -0.2) is 0 Å². The molecule has 0 fully saturated rings. The minimum absolute atomic E-state index is 0.151. The van der Waals surface area contributed by atoms with E-state index in [4.69, 9.17) is 10.8 Å². The first-order valence-electron chi connectivity index (χ1n) is 6.79. The van der Waals surface area contributed by atoms with Gasteiger partial charge in [-0.15, -0.1) is 0 Å². The van der Waals surface area contributed by atoms with Crippen molar-refractivity contribution in [1.29, 1.82) is 0 Å². The highest BCUT2D eigenvalue weighted by molar-refractivity contribution is 5.82. The second kappa shape index (κ2) is 7.92. The lowest BCUT2D eigenvalue weighted by Gasteiger charge is -2.17. The number of carbonyl (C=O) groups excluding carboxylic acids is 1. The molecule has 0 aromatic heterocycles. The van der Waals surface area contributed by atoms with Crippen LogP contribution in [0.5, 0.6) is 0 Å². The van der Waals surface area contributed by atoms with Crippen molar-refractivity contribution in [3.8, 4) is 0 Å². The summed E-state index contributed by atoms with van der Waals surface area (Å²) in [6, 6.07) is 7.02. The van der Waals surface area contributed by atoms with Crippen molar-refractivity contribution in [3.05, 3.63) is 35.4 Å². The topological polar surface area (TPSA) is 75.3 Å². The van der Waals surface area contributed by atoms with Gasteiger partial charge in [0.1, 0.15) is 6.04 Å². The maximum absolute atomic E-state index is 12.0. The zero-order chi connectivity index (χ0) is 14.3. The van der Waals surface area contributed by atoms with Gasteiger partial charge < -0.3 is 16.2 Å². The summed E-state index contributed by atoms with van der Waals surface area (Å²) in [7, 11) is 0. The molecule has 0 aliphatic heterocycles. The molecule has 1 aromatic carbocycles. The molecule has 4 nitrogen and oxygen atoms in total. The molecule has 0 spiro atoms. The number of nitrogens with one attached hydrogen (secondary N) is 1. The molecule has 2 atom stereocenters. The van der Waals surface area contributed by atoms with Crippen molar-refractivity contribution < 1.29 is 9.90 Å². The van der Waals surface area contributed by atoms with Crippen molar-refractivity contribution in [3.63, 3.8) is 0 Å². The average Bonchev–Trinajstić information content (AvgIpc) is 2.43. The molecule has 0 heterocycles. The third-order valence-electron chi connectivity index (χ3n) is 3.40. The van der Waals surface area contributed by atoms with Gasteiger partial charge in [-0.3, -0.25) is 4.79 Å². The first-order valence-corrected chi connectivity index (χ1v) is 6.79. The predicted octanol–water partition coefficient (Wildman–Crippen LogP) is 1.52. The highest BCUT2D eigenvalue weighted by Gasteiger charge is 2.16. The normalized spacial score (nSPS) is 13.9. The Bertz CT molecular complexity index is 390. The zero-order valence-electron chi connectivity index (χ0n) is 11.7. The van der Waals surface area contributed by atoms with E-state index in [1.807, 2.05) is 38.1 Å². The van der Waals surface area contributed by atoms with Crippen LogP contribution in [0.4, 0.5) is 0 Å². The number of aliphatic hydroxyl groups is 1. The fourth-order valence-electron chi connectivity index (χ4n) is 1.91. The van der Waals surface area contributed by atoms with Gasteiger partial charge in [-0.1, -0.05) is 43.2 Å². The Balaban J connectivity index is 2.50. The summed E-state index contributed by atoms with van der Waals surface area (Å²) < 4.78 is 0. The molecule has 0 aliphatic rings. The van der Waals surface area contributed by atoms with Crippen LogP contribution >= 0.6 is 0 Å². The fraction of sp³-hybridized carbons (Fsp3) is 0.533. The summed E-state index contributed by atoms with van der Waals surface area (Å²) in [6.07, 6.45) is 1.64. The first kappa shape index (κ1) is 15.7. The molecule has 0 saturated heterocycles. The van der Waals surface area contributed by atoms with Gasteiger partial charge in [0.15, 0.2) is 0 Å². The summed E-state index contributed by atoms with van der Waals surface area (Å²) in [6.45, 7) is 4.76. The molecular weight excluding hydrogens is 240 g/mol. The lowest BCUT2D eigenvalue weighted by atomic mass is 10.0. The standard InChI is InChI=1S/C15H24N2O2/c1-3-12(8-9-18)10-17-15(19)14(16)13-6-4-11(2)5-7-13/h4-7,12,14,18H,3,8-10,16H2,1-2H3,(H,17,19). The summed E-state index contributed by atoms with van der Waals surface area (Å²) in [4.78, 5) is 12.0. The molecule has 1 rings (SSSR count). The second-order valence-electron chi connectivity index (χ2n) is 4.92. The van der Waals surface area contributed by atoms with Gasteiger partial charge in [0, 0.05) is 13.2 Å². The molecule has 106 valence electrons. The van der Waals surface area contributed by atoms with E-state index in [9.17, 15) is 4.79 Å². The van der Waals surface area contributed by atoms with Crippen LogP contribution in [0.15, 0.2) is 24.3 Å².